The zero-order valence-corrected chi connectivity index (χ0v) is 13.2. The van der Waals surface area contributed by atoms with Crippen molar-refractivity contribution >= 4 is 0 Å². The van der Waals surface area contributed by atoms with Crippen LogP contribution in [-0.2, 0) is 0 Å². The van der Waals surface area contributed by atoms with Gasteiger partial charge in [0.2, 0.25) is 0 Å². The van der Waals surface area contributed by atoms with E-state index in [-0.39, 0.29) is 0 Å². The van der Waals surface area contributed by atoms with Crippen molar-refractivity contribution in [2.24, 2.45) is 0 Å². The zero-order valence-electron chi connectivity index (χ0n) is 13.2. The molecule has 0 heterocycles. The molecule has 0 amide bonds. The molecule has 0 aliphatic rings. The first kappa shape index (κ1) is 18.9. The molecule has 0 aliphatic heterocycles. The van der Waals surface area contributed by atoms with E-state index in [0.29, 0.717) is 0 Å². The van der Waals surface area contributed by atoms with Crippen LogP contribution in [0.3, 0.4) is 0 Å². The molecule has 2 atom stereocenters. The van der Waals surface area contributed by atoms with Gasteiger partial charge in [-0.1, -0.05) is 84.5 Å². The van der Waals surface area contributed by atoms with Crippen molar-refractivity contribution in [3.8, 4) is 0 Å². The molecule has 0 aliphatic carbocycles. The summed E-state index contributed by atoms with van der Waals surface area (Å²) in [6.07, 6.45) is 14.1. The molecule has 2 heteroatoms. The van der Waals surface area contributed by atoms with E-state index in [1.54, 1.807) is 0 Å². The van der Waals surface area contributed by atoms with Crippen LogP contribution in [0.4, 0.5) is 0 Å². The maximum atomic E-state index is 9.84. The normalized spacial score (nSPS) is 14.5. The molecule has 19 heavy (non-hydrogen) atoms. The Morgan fingerprint density at radius 1 is 0.526 bits per heavy atom. The topological polar surface area (TPSA) is 40.5 Å². The Hall–Kier alpha value is -0.0800. The van der Waals surface area contributed by atoms with Crippen LogP contribution >= 0.6 is 0 Å². The van der Waals surface area contributed by atoms with Gasteiger partial charge in [0.25, 0.3) is 0 Å². The molecule has 0 aromatic carbocycles. The molecule has 0 saturated carbocycles. The molecule has 0 saturated heterocycles. The highest BCUT2D eigenvalue weighted by Crippen LogP contribution is 2.14. The Morgan fingerprint density at radius 3 is 1.32 bits per heavy atom. The number of rotatable bonds is 14. The summed E-state index contributed by atoms with van der Waals surface area (Å²) in [5, 5.41) is 19.6. The van der Waals surface area contributed by atoms with Gasteiger partial charge in [-0.15, -0.1) is 0 Å². The number of hydrogen-bond acceptors (Lipinski definition) is 2. The van der Waals surface area contributed by atoms with Crippen molar-refractivity contribution in [2.75, 3.05) is 0 Å². The largest absolute Gasteiger partial charge is 0.390 e. The summed E-state index contributed by atoms with van der Waals surface area (Å²) < 4.78 is 0. The van der Waals surface area contributed by atoms with Gasteiger partial charge in [-0.25, -0.2) is 0 Å². The minimum Gasteiger partial charge on any atom is -0.390 e. The molecule has 0 rings (SSSR count). The molecule has 2 unspecified atom stereocenters. The third kappa shape index (κ3) is 12.7. The van der Waals surface area contributed by atoms with E-state index in [9.17, 15) is 10.2 Å². The molecule has 0 aromatic rings. The molecular weight excluding hydrogens is 236 g/mol. The summed E-state index contributed by atoms with van der Waals surface area (Å²) in [6.45, 7) is 4.40. The molecule has 2 nitrogen and oxygen atoms in total. The predicted octanol–water partition coefficient (Wildman–Crippen LogP) is 4.82. The van der Waals surface area contributed by atoms with Crippen molar-refractivity contribution < 1.29 is 10.2 Å². The fourth-order valence-electron chi connectivity index (χ4n) is 2.48. The highest BCUT2D eigenvalue weighted by atomic mass is 16.3. The lowest BCUT2D eigenvalue weighted by Crippen LogP contribution is -2.25. The Kier molecular flexibility index (Phi) is 14.3. The third-order valence-corrected chi connectivity index (χ3v) is 3.90. The number of hydrogen-bond donors (Lipinski definition) is 2. The number of aliphatic hydroxyl groups excluding tert-OH is 2. The summed E-state index contributed by atoms with van der Waals surface area (Å²) in [5.41, 5.74) is 0. The van der Waals surface area contributed by atoms with Gasteiger partial charge >= 0.3 is 0 Å². The van der Waals surface area contributed by atoms with E-state index in [4.69, 9.17) is 0 Å². The zero-order chi connectivity index (χ0) is 14.3. The van der Waals surface area contributed by atoms with Crippen molar-refractivity contribution in [1.29, 1.82) is 0 Å². The van der Waals surface area contributed by atoms with Crippen LogP contribution < -0.4 is 0 Å². The number of aliphatic hydroxyl groups is 2. The van der Waals surface area contributed by atoms with E-state index >= 15 is 0 Å². The van der Waals surface area contributed by atoms with Crippen LogP contribution in [0.15, 0.2) is 0 Å². The highest BCUT2D eigenvalue weighted by molar-refractivity contribution is 4.67. The molecule has 0 radical (unpaired) electrons. The van der Waals surface area contributed by atoms with Crippen LogP contribution in [0.5, 0.6) is 0 Å². The van der Waals surface area contributed by atoms with Crippen LogP contribution in [0.2, 0.25) is 0 Å². The van der Waals surface area contributed by atoms with Gasteiger partial charge in [-0.05, 0) is 12.8 Å². The van der Waals surface area contributed by atoms with E-state index in [1.165, 1.54) is 51.4 Å². The predicted molar refractivity (Wildman–Crippen MR) is 83.4 cm³/mol. The van der Waals surface area contributed by atoms with E-state index < -0.39 is 12.2 Å². The van der Waals surface area contributed by atoms with Crippen molar-refractivity contribution in [1.82, 2.24) is 0 Å². The summed E-state index contributed by atoms with van der Waals surface area (Å²) in [4.78, 5) is 0. The fourth-order valence-corrected chi connectivity index (χ4v) is 2.48. The summed E-state index contributed by atoms with van der Waals surface area (Å²) in [5.74, 6) is 0. The molecule has 0 bridgehead atoms. The van der Waals surface area contributed by atoms with Crippen molar-refractivity contribution in [3.05, 3.63) is 0 Å². The second-order valence-electron chi connectivity index (χ2n) is 5.89. The smallest absolute Gasteiger partial charge is 0.0799 e. The lowest BCUT2D eigenvalue weighted by atomic mass is 10.00. The van der Waals surface area contributed by atoms with Gasteiger partial charge < -0.3 is 10.2 Å². The summed E-state index contributed by atoms with van der Waals surface area (Å²) in [7, 11) is 0. The van der Waals surface area contributed by atoms with Crippen molar-refractivity contribution in [2.45, 2.75) is 110 Å². The minimum atomic E-state index is -0.504. The van der Waals surface area contributed by atoms with Crippen LogP contribution in [0.1, 0.15) is 97.3 Å². The van der Waals surface area contributed by atoms with Gasteiger partial charge in [-0.2, -0.15) is 0 Å². The van der Waals surface area contributed by atoms with Gasteiger partial charge in [-0.3, -0.25) is 0 Å². The van der Waals surface area contributed by atoms with Crippen molar-refractivity contribution in [3.63, 3.8) is 0 Å². The van der Waals surface area contributed by atoms with Gasteiger partial charge in [0, 0.05) is 0 Å². The lowest BCUT2D eigenvalue weighted by molar-refractivity contribution is 0.00718. The molecule has 0 spiro atoms. The Balaban J connectivity index is 3.29. The summed E-state index contributed by atoms with van der Waals surface area (Å²) >= 11 is 0. The third-order valence-electron chi connectivity index (χ3n) is 3.90. The lowest BCUT2D eigenvalue weighted by Gasteiger charge is -2.17. The Bertz CT molecular complexity index is 171. The molecule has 116 valence electrons. The molecular formula is C17H36O2. The highest BCUT2D eigenvalue weighted by Gasteiger charge is 2.14. The number of unbranched alkanes of at least 4 members (excludes halogenated alkanes) is 9. The van der Waals surface area contributed by atoms with Crippen LogP contribution in [0.25, 0.3) is 0 Å². The molecule has 0 aromatic heterocycles. The maximum absolute atomic E-state index is 9.84. The second-order valence-corrected chi connectivity index (χ2v) is 5.89. The van der Waals surface area contributed by atoms with Gasteiger partial charge in [0.15, 0.2) is 0 Å². The quantitative estimate of drug-likeness (QED) is 0.445. The average Bonchev–Trinajstić information content (AvgIpc) is 2.41. The minimum absolute atomic E-state index is 0.503. The SMILES string of the molecule is CCCCCCCCCCC(O)C(O)CCCCC. The van der Waals surface area contributed by atoms with Crippen LogP contribution in [-0.4, -0.2) is 22.4 Å². The van der Waals surface area contributed by atoms with Gasteiger partial charge in [0.1, 0.15) is 0 Å². The first-order valence-electron chi connectivity index (χ1n) is 8.58. The maximum Gasteiger partial charge on any atom is 0.0799 e. The first-order chi connectivity index (χ1) is 9.22. The van der Waals surface area contributed by atoms with Crippen LogP contribution in [0, 0.1) is 0 Å². The fraction of sp³-hybridized carbons (Fsp3) is 1.00. The molecule has 2 N–H and O–H groups in total. The second kappa shape index (κ2) is 14.3. The molecule has 0 fully saturated rings. The average molecular weight is 272 g/mol. The van der Waals surface area contributed by atoms with Gasteiger partial charge in [0.05, 0.1) is 12.2 Å². The monoisotopic (exact) mass is 272 g/mol. The Morgan fingerprint density at radius 2 is 0.842 bits per heavy atom. The van der Waals surface area contributed by atoms with E-state index in [0.717, 1.165) is 32.1 Å². The standard InChI is InChI=1S/C17H36O2/c1-3-5-7-8-9-10-11-13-15-17(19)16(18)14-12-6-4-2/h16-19H,3-15H2,1-2H3. The first-order valence-corrected chi connectivity index (χ1v) is 8.58. The van der Waals surface area contributed by atoms with E-state index in [2.05, 4.69) is 13.8 Å². The van der Waals surface area contributed by atoms with E-state index in [1.807, 2.05) is 0 Å². The Labute approximate surface area is 120 Å². The summed E-state index contributed by atoms with van der Waals surface area (Å²) in [6, 6.07) is 0.